The number of hydrogen-bond acceptors (Lipinski definition) is 4. The van der Waals surface area contributed by atoms with Crippen LogP contribution in [0.5, 0.6) is 0 Å². The summed E-state index contributed by atoms with van der Waals surface area (Å²) in [5.74, 6) is 0.170. The van der Waals surface area contributed by atoms with Crippen LogP contribution in [0.4, 0.5) is 0 Å². The van der Waals surface area contributed by atoms with E-state index in [1.54, 1.807) is 11.8 Å². The summed E-state index contributed by atoms with van der Waals surface area (Å²) in [5.41, 5.74) is 4.60. The summed E-state index contributed by atoms with van der Waals surface area (Å²) in [7, 11) is 0. The second kappa shape index (κ2) is 15.9. The van der Waals surface area contributed by atoms with Crippen molar-refractivity contribution in [2.45, 2.75) is 96.7 Å². The molecule has 208 valence electrons. The van der Waals surface area contributed by atoms with Gasteiger partial charge in [-0.2, -0.15) is 11.8 Å². The largest absolute Gasteiger partial charge is 0.480 e. The van der Waals surface area contributed by atoms with Gasteiger partial charge in [0.15, 0.2) is 0 Å². The Balaban J connectivity index is 1.82. The molecule has 0 unspecified atom stereocenters. The molecule has 1 amide bonds. The SMILES string of the molecule is CCCC[C@H](CC1CCCCC1)NCc1ccc(C(=O)N[C@@H](CCSC)C(=O)O)c(-c2ccccc2C)c1. The maximum Gasteiger partial charge on any atom is 0.326 e. The van der Waals surface area contributed by atoms with Gasteiger partial charge in [-0.05, 0) is 78.5 Å². The minimum atomic E-state index is -0.998. The van der Waals surface area contributed by atoms with E-state index in [9.17, 15) is 14.7 Å². The number of thioether (sulfide) groups is 1. The van der Waals surface area contributed by atoms with Crippen LogP contribution in [0.15, 0.2) is 42.5 Å². The number of carbonyl (C=O) groups excluding carboxylic acids is 1. The highest BCUT2D eigenvalue weighted by molar-refractivity contribution is 7.98. The van der Waals surface area contributed by atoms with Crippen LogP contribution in [0.1, 0.15) is 92.6 Å². The molecule has 38 heavy (non-hydrogen) atoms. The van der Waals surface area contributed by atoms with E-state index in [0.29, 0.717) is 23.8 Å². The minimum absolute atomic E-state index is 0.339. The third-order valence-electron chi connectivity index (χ3n) is 7.82. The molecule has 2 atom stereocenters. The Morgan fingerprint density at radius 3 is 2.50 bits per heavy atom. The van der Waals surface area contributed by atoms with Crippen LogP contribution in [0.2, 0.25) is 0 Å². The zero-order valence-electron chi connectivity index (χ0n) is 23.4. The molecule has 3 rings (SSSR count). The molecular formula is C32H46N2O3S. The fourth-order valence-corrected chi connectivity index (χ4v) is 6.04. The van der Waals surface area contributed by atoms with Gasteiger partial charge in [0.25, 0.3) is 5.91 Å². The van der Waals surface area contributed by atoms with E-state index in [0.717, 1.165) is 34.7 Å². The lowest BCUT2D eigenvalue weighted by molar-refractivity contribution is -0.139. The molecular weight excluding hydrogens is 492 g/mol. The molecule has 3 N–H and O–H groups in total. The second-order valence-corrected chi connectivity index (χ2v) is 11.8. The Kier molecular flexibility index (Phi) is 12.7. The number of nitrogens with one attached hydrogen (secondary N) is 2. The summed E-state index contributed by atoms with van der Waals surface area (Å²) in [5, 5.41) is 16.3. The van der Waals surface area contributed by atoms with Crippen molar-refractivity contribution in [3.63, 3.8) is 0 Å². The predicted octanol–water partition coefficient (Wildman–Crippen LogP) is 7.22. The first kappa shape index (κ1) is 30.2. The Morgan fingerprint density at radius 2 is 1.82 bits per heavy atom. The molecule has 1 saturated carbocycles. The topological polar surface area (TPSA) is 78.4 Å². The van der Waals surface area contributed by atoms with Crippen molar-refractivity contribution in [1.29, 1.82) is 0 Å². The molecule has 1 aliphatic carbocycles. The van der Waals surface area contributed by atoms with E-state index in [1.807, 2.05) is 49.6 Å². The van der Waals surface area contributed by atoms with Gasteiger partial charge in [-0.1, -0.05) is 82.2 Å². The van der Waals surface area contributed by atoms with E-state index in [-0.39, 0.29) is 5.91 Å². The molecule has 0 bridgehead atoms. The van der Waals surface area contributed by atoms with Crippen LogP contribution in [-0.4, -0.2) is 41.1 Å². The highest BCUT2D eigenvalue weighted by Gasteiger charge is 2.23. The van der Waals surface area contributed by atoms with Crippen molar-refractivity contribution >= 4 is 23.6 Å². The fourth-order valence-electron chi connectivity index (χ4n) is 5.57. The summed E-state index contributed by atoms with van der Waals surface area (Å²) in [4.78, 5) is 25.1. The summed E-state index contributed by atoms with van der Waals surface area (Å²) in [6, 6.07) is 13.7. The average Bonchev–Trinajstić information content (AvgIpc) is 2.93. The van der Waals surface area contributed by atoms with Gasteiger partial charge in [0.1, 0.15) is 6.04 Å². The molecule has 0 heterocycles. The molecule has 0 saturated heterocycles. The Hall–Kier alpha value is -2.31. The summed E-state index contributed by atoms with van der Waals surface area (Å²) < 4.78 is 0. The molecule has 2 aromatic carbocycles. The van der Waals surface area contributed by atoms with Crippen LogP contribution in [0.25, 0.3) is 11.1 Å². The van der Waals surface area contributed by atoms with E-state index in [2.05, 4.69) is 23.6 Å². The predicted molar refractivity (Wildman–Crippen MR) is 160 cm³/mol. The average molecular weight is 539 g/mol. The molecule has 5 nitrogen and oxygen atoms in total. The van der Waals surface area contributed by atoms with Crippen molar-refractivity contribution < 1.29 is 14.7 Å². The van der Waals surface area contributed by atoms with Gasteiger partial charge < -0.3 is 15.7 Å². The number of amides is 1. The van der Waals surface area contributed by atoms with Crippen LogP contribution in [0, 0.1) is 12.8 Å². The first-order chi connectivity index (χ1) is 18.4. The number of unbranched alkanes of at least 4 members (excludes halogenated alkanes) is 1. The third-order valence-corrected chi connectivity index (χ3v) is 8.47. The summed E-state index contributed by atoms with van der Waals surface area (Å²) in [6.07, 6.45) is 14.1. The molecule has 1 aliphatic rings. The van der Waals surface area contributed by atoms with Crippen molar-refractivity contribution in [1.82, 2.24) is 10.6 Å². The molecule has 0 spiro atoms. The zero-order valence-corrected chi connectivity index (χ0v) is 24.2. The highest BCUT2D eigenvalue weighted by atomic mass is 32.2. The van der Waals surface area contributed by atoms with Gasteiger partial charge in [-0.3, -0.25) is 4.79 Å². The van der Waals surface area contributed by atoms with Gasteiger partial charge in [-0.15, -0.1) is 0 Å². The Morgan fingerprint density at radius 1 is 1.05 bits per heavy atom. The fraction of sp³-hybridized carbons (Fsp3) is 0.562. The van der Waals surface area contributed by atoms with Gasteiger partial charge in [0.2, 0.25) is 0 Å². The van der Waals surface area contributed by atoms with Crippen molar-refractivity contribution in [2.75, 3.05) is 12.0 Å². The molecule has 1 fully saturated rings. The Bertz CT molecular complexity index is 1040. The first-order valence-corrected chi connectivity index (χ1v) is 15.8. The van der Waals surface area contributed by atoms with E-state index in [1.165, 1.54) is 57.8 Å². The number of hydrogen-bond donors (Lipinski definition) is 3. The lowest BCUT2D eigenvalue weighted by atomic mass is 9.84. The molecule has 0 aliphatic heterocycles. The quantitative estimate of drug-likeness (QED) is 0.223. The van der Waals surface area contributed by atoms with Gasteiger partial charge in [0, 0.05) is 18.2 Å². The van der Waals surface area contributed by atoms with Gasteiger partial charge >= 0.3 is 5.97 Å². The van der Waals surface area contributed by atoms with Crippen molar-refractivity contribution in [2.24, 2.45) is 5.92 Å². The van der Waals surface area contributed by atoms with Crippen LogP contribution >= 0.6 is 11.8 Å². The molecule has 2 aromatic rings. The third kappa shape index (κ3) is 9.16. The highest BCUT2D eigenvalue weighted by Crippen LogP contribution is 2.30. The molecule has 0 radical (unpaired) electrons. The van der Waals surface area contributed by atoms with Crippen molar-refractivity contribution in [3.8, 4) is 11.1 Å². The monoisotopic (exact) mass is 538 g/mol. The van der Waals surface area contributed by atoms with E-state index < -0.39 is 12.0 Å². The van der Waals surface area contributed by atoms with Crippen LogP contribution < -0.4 is 10.6 Å². The maximum absolute atomic E-state index is 13.3. The first-order valence-electron chi connectivity index (χ1n) is 14.4. The summed E-state index contributed by atoms with van der Waals surface area (Å²) in [6.45, 7) is 5.06. The lowest BCUT2D eigenvalue weighted by Gasteiger charge is -2.27. The number of carboxylic acids is 1. The van der Waals surface area contributed by atoms with Crippen LogP contribution in [0.3, 0.4) is 0 Å². The Labute approximate surface area is 233 Å². The number of carboxylic acid groups (broad SMARTS) is 1. The number of benzene rings is 2. The normalized spacial score (nSPS) is 15.7. The van der Waals surface area contributed by atoms with Gasteiger partial charge in [-0.25, -0.2) is 4.79 Å². The standard InChI is InChI=1S/C32H46N2O3S/c1-4-5-14-26(20-24-12-7-6-8-13-24)33-22-25-16-17-28(29(21-25)27-15-10-9-11-23(27)2)31(35)34-30(32(36)37)18-19-38-3/h9-11,15-17,21,24,26,30,33H,4-8,12-14,18-20,22H2,1-3H3,(H,34,35)(H,36,37)/t26-,30+/m1/s1. The number of aryl methyl sites for hydroxylation is 1. The number of rotatable bonds is 15. The van der Waals surface area contributed by atoms with E-state index >= 15 is 0 Å². The smallest absolute Gasteiger partial charge is 0.326 e. The van der Waals surface area contributed by atoms with Crippen molar-refractivity contribution in [3.05, 3.63) is 59.2 Å². The lowest BCUT2D eigenvalue weighted by Crippen LogP contribution is -2.41. The zero-order chi connectivity index (χ0) is 27.3. The summed E-state index contributed by atoms with van der Waals surface area (Å²) >= 11 is 1.58. The second-order valence-electron chi connectivity index (χ2n) is 10.8. The number of carbonyl (C=O) groups is 2. The van der Waals surface area contributed by atoms with Crippen LogP contribution in [-0.2, 0) is 11.3 Å². The maximum atomic E-state index is 13.3. The van der Waals surface area contributed by atoms with E-state index in [4.69, 9.17) is 0 Å². The minimum Gasteiger partial charge on any atom is -0.480 e. The number of aliphatic carboxylic acids is 1. The molecule has 0 aromatic heterocycles. The molecule has 6 heteroatoms. The van der Waals surface area contributed by atoms with Gasteiger partial charge in [0.05, 0.1) is 0 Å².